The molecule has 2 aromatic heterocycles. The molecule has 36 heavy (non-hydrogen) atoms. The Labute approximate surface area is 224 Å². The van der Waals surface area contributed by atoms with E-state index in [1.807, 2.05) is 36.4 Å². The van der Waals surface area contributed by atoms with E-state index in [2.05, 4.69) is 72.3 Å². The van der Waals surface area contributed by atoms with E-state index in [4.69, 9.17) is 0 Å². The van der Waals surface area contributed by atoms with Crippen LogP contribution in [0.1, 0.15) is 54.2 Å². The van der Waals surface area contributed by atoms with Crippen molar-refractivity contribution in [1.82, 2.24) is 20.5 Å². The number of H-pyrrole nitrogens is 1. The number of pyridine rings is 1. The van der Waals surface area contributed by atoms with Crippen LogP contribution in [0.3, 0.4) is 0 Å². The summed E-state index contributed by atoms with van der Waals surface area (Å²) in [5.74, 6) is 0.391. The van der Waals surface area contributed by atoms with Crippen LogP contribution in [0.15, 0.2) is 66.9 Å². The maximum Gasteiger partial charge on any atom is 0.251 e. The van der Waals surface area contributed by atoms with E-state index in [9.17, 15) is 4.79 Å². The number of rotatable bonds is 6. The minimum Gasteiger partial charge on any atom is -0.365 e. The molecule has 0 bridgehead atoms. The van der Waals surface area contributed by atoms with Crippen molar-refractivity contribution in [1.29, 1.82) is 0 Å². The summed E-state index contributed by atoms with van der Waals surface area (Å²) >= 11 is 2.61. The molecule has 182 valence electrons. The number of halogens is 1. The van der Waals surface area contributed by atoms with E-state index >= 15 is 0 Å². The zero-order chi connectivity index (χ0) is 24.3. The SMILES string of the molecule is O=C(N[C@@H](c1ccccn1)C1CC1)c1ccc2[nH]nc(-c3ccc(N4CCCC45CC5I)cc3)c2c1. The molecule has 4 aromatic rings. The van der Waals surface area contributed by atoms with Gasteiger partial charge in [0.2, 0.25) is 0 Å². The number of aromatic amines is 1. The van der Waals surface area contributed by atoms with Crippen molar-refractivity contribution >= 4 is 45.1 Å². The zero-order valence-electron chi connectivity index (χ0n) is 20.0. The topological polar surface area (TPSA) is 73.9 Å². The van der Waals surface area contributed by atoms with Gasteiger partial charge in [0.05, 0.1) is 28.5 Å². The van der Waals surface area contributed by atoms with Crippen LogP contribution in [0.2, 0.25) is 0 Å². The van der Waals surface area contributed by atoms with E-state index in [-0.39, 0.29) is 11.9 Å². The van der Waals surface area contributed by atoms with Gasteiger partial charge in [-0.2, -0.15) is 5.10 Å². The Morgan fingerprint density at radius 1 is 1.14 bits per heavy atom. The molecule has 7 rings (SSSR count). The maximum absolute atomic E-state index is 13.3. The van der Waals surface area contributed by atoms with Gasteiger partial charge in [-0.1, -0.05) is 40.8 Å². The third kappa shape index (κ3) is 3.79. The zero-order valence-corrected chi connectivity index (χ0v) is 22.1. The van der Waals surface area contributed by atoms with E-state index in [1.165, 1.54) is 24.9 Å². The lowest BCUT2D eigenvalue weighted by Gasteiger charge is -2.27. The molecule has 0 radical (unpaired) electrons. The number of fused-ring (bicyclic) bond motifs is 1. The highest BCUT2D eigenvalue weighted by Gasteiger charge is 2.58. The molecule has 1 saturated heterocycles. The molecule has 2 aliphatic carbocycles. The Balaban J connectivity index is 1.15. The smallest absolute Gasteiger partial charge is 0.251 e. The summed E-state index contributed by atoms with van der Waals surface area (Å²) in [5.41, 5.74) is 6.12. The van der Waals surface area contributed by atoms with E-state index < -0.39 is 0 Å². The largest absolute Gasteiger partial charge is 0.365 e. The van der Waals surface area contributed by atoms with Crippen LogP contribution in [0.4, 0.5) is 5.69 Å². The van der Waals surface area contributed by atoms with Gasteiger partial charge in [0, 0.05) is 38.9 Å². The fraction of sp³-hybridized carbons (Fsp3) is 0.345. The second-order valence-electron chi connectivity index (χ2n) is 10.5. The van der Waals surface area contributed by atoms with Gasteiger partial charge in [0.1, 0.15) is 0 Å². The van der Waals surface area contributed by atoms with Gasteiger partial charge in [-0.25, -0.2) is 0 Å². The van der Waals surface area contributed by atoms with Crippen molar-refractivity contribution in [3.8, 4) is 11.3 Å². The van der Waals surface area contributed by atoms with Crippen LogP contribution < -0.4 is 10.2 Å². The van der Waals surface area contributed by atoms with E-state index in [1.54, 1.807) is 6.20 Å². The molecule has 6 nitrogen and oxygen atoms in total. The first-order valence-electron chi connectivity index (χ1n) is 12.8. The number of hydrogen-bond acceptors (Lipinski definition) is 4. The number of benzene rings is 2. The van der Waals surface area contributed by atoms with Gasteiger partial charge < -0.3 is 10.2 Å². The van der Waals surface area contributed by atoms with Gasteiger partial charge in [0.25, 0.3) is 5.91 Å². The van der Waals surface area contributed by atoms with Crippen molar-refractivity contribution in [3.63, 3.8) is 0 Å². The number of carbonyl (C=O) groups excluding carboxylic acids is 1. The highest BCUT2D eigenvalue weighted by Crippen LogP contribution is 2.55. The average molecular weight is 589 g/mol. The highest BCUT2D eigenvalue weighted by atomic mass is 127. The summed E-state index contributed by atoms with van der Waals surface area (Å²) in [7, 11) is 0. The number of nitrogens with one attached hydrogen (secondary N) is 2. The fourth-order valence-corrected chi connectivity index (χ4v) is 7.31. The first-order chi connectivity index (χ1) is 17.6. The molecule has 1 aliphatic heterocycles. The second-order valence-corrected chi connectivity index (χ2v) is 12.0. The minimum absolute atomic E-state index is 0.0479. The summed E-state index contributed by atoms with van der Waals surface area (Å²) in [6.07, 6.45) is 7.92. The summed E-state index contributed by atoms with van der Waals surface area (Å²) in [6.45, 7) is 1.14. The van der Waals surface area contributed by atoms with Crippen LogP contribution >= 0.6 is 22.6 Å². The molecule has 2 unspecified atom stereocenters. The second kappa shape index (κ2) is 8.57. The lowest BCUT2D eigenvalue weighted by atomic mass is 10.0. The molecular weight excluding hydrogens is 561 g/mol. The normalized spacial score (nSPS) is 23.8. The first-order valence-corrected chi connectivity index (χ1v) is 14.1. The minimum atomic E-state index is -0.0703. The molecule has 2 N–H and O–H groups in total. The summed E-state index contributed by atoms with van der Waals surface area (Å²) in [6, 6.07) is 20.4. The Kier molecular flexibility index (Phi) is 5.30. The van der Waals surface area contributed by atoms with Gasteiger partial charge >= 0.3 is 0 Å². The van der Waals surface area contributed by atoms with Gasteiger partial charge in [-0.3, -0.25) is 14.9 Å². The fourth-order valence-electron chi connectivity index (χ4n) is 5.90. The van der Waals surface area contributed by atoms with Crippen LogP contribution in [0, 0.1) is 5.92 Å². The molecule has 3 heterocycles. The molecule has 1 amide bonds. The lowest BCUT2D eigenvalue weighted by Crippen LogP contribution is -2.33. The predicted molar refractivity (Wildman–Crippen MR) is 150 cm³/mol. The Morgan fingerprint density at radius 2 is 1.97 bits per heavy atom. The van der Waals surface area contributed by atoms with Gasteiger partial charge in [0.15, 0.2) is 0 Å². The number of nitrogens with zero attached hydrogens (tertiary/aromatic N) is 3. The molecule has 7 heteroatoms. The van der Waals surface area contributed by atoms with Crippen molar-refractivity contribution < 1.29 is 4.79 Å². The van der Waals surface area contributed by atoms with E-state index in [0.717, 1.165) is 51.2 Å². The molecule has 2 saturated carbocycles. The molecular formula is C29H28IN5O. The molecule has 3 aliphatic rings. The Hall–Kier alpha value is -2.94. The van der Waals surface area contributed by atoms with Crippen molar-refractivity contribution in [2.24, 2.45) is 5.92 Å². The van der Waals surface area contributed by atoms with Crippen LogP contribution in [-0.2, 0) is 0 Å². The Bertz CT molecular complexity index is 1430. The number of aromatic nitrogens is 3. The van der Waals surface area contributed by atoms with Crippen molar-refractivity contribution in [2.45, 2.75) is 47.6 Å². The number of hydrogen-bond donors (Lipinski definition) is 2. The number of alkyl halides is 1. The number of amides is 1. The number of carbonyl (C=O) groups is 1. The maximum atomic E-state index is 13.3. The summed E-state index contributed by atoms with van der Waals surface area (Å²) in [5, 5.41) is 12.0. The average Bonchev–Trinajstić information content (AvgIpc) is 3.76. The van der Waals surface area contributed by atoms with Crippen LogP contribution in [-0.4, -0.2) is 37.1 Å². The summed E-state index contributed by atoms with van der Waals surface area (Å²) < 4.78 is 0.759. The van der Waals surface area contributed by atoms with Crippen LogP contribution in [0.5, 0.6) is 0 Å². The van der Waals surface area contributed by atoms with Gasteiger partial charge in [-0.05, 0) is 80.5 Å². The monoisotopic (exact) mass is 589 g/mol. The quantitative estimate of drug-likeness (QED) is 0.212. The third-order valence-corrected chi connectivity index (χ3v) is 9.75. The molecule has 1 spiro atoms. The van der Waals surface area contributed by atoms with Crippen molar-refractivity contribution in [3.05, 3.63) is 78.1 Å². The third-order valence-electron chi connectivity index (χ3n) is 8.15. The predicted octanol–water partition coefficient (Wildman–Crippen LogP) is 6.05. The standard InChI is InChI=1S/C29H28IN5O/c30-25-17-29(25)13-3-15-35(29)21-10-7-18(8-11-21)26-22-16-20(9-12-23(22)33-34-26)28(36)32-27(19-5-6-19)24-4-1-2-14-31-24/h1-2,4,7-12,14,16,19,25,27H,3,5-6,13,15,17H2,(H,32,36)(H,33,34)/t25?,27-,29?/m1/s1. The highest BCUT2D eigenvalue weighted by molar-refractivity contribution is 14.1. The molecule has 3 atom stereocenters. The van der Waals surface area contributed by atoms with Gasteiger partial charge in [-0.15, -0.1) is 0 Å². The first kappa shape index (κ1) is 22.3. The molecule has 2 aromatic carbocycles. The summed E-state index contributed by atoms with van der Waals surface area (Å²) in [4.78, 5) is 20.4. The van der Waals surface area contributed by atoms with E-state index in [0.29, 0.717) is 17.0 Å². The Morgan fingerprint density at radius 3 is 2.69 bits per heavy atom. The molecule has 3 fully saturated rings. The van der Waals surface area contributed by atoms with Crippen molar-refractivity contribution in [2.75, 3.05) is 11.4 Å². The van der Waals surface area contributed by atoms with Crippen LogP contribution in [0.25, 0.3) is 22.2 Å². The number of anilines is 1. The lowest BCUT2D eigenvalue weighted by molar-refractivity contribution is 0.0931.